The van der Waals surface area contributed by atoms with Gasteiger partial charge in [-0.25, -0.2) is 9.18 Å². The average molecular weight is 691 g/mol. The second-order valence-electron chi connectivity index (χ2n) is 6.30. The van der Waals surface area contributed by atoms with Crippen LogP contribution in [-0.4, -0.2) is 50.2 Å². The molecule has 0 aromatic heterocycles. The number of carboxylic acids is 1. The van der Waals surface area contributed by atoms with E-state index in [2.05, 4.69) is 18.9 Å². The first-order valence-corrected chi connectivity index (χ1v) is 10.4. The maximum Gasteiger partial charge on any atom is 0.335 e. The van der Waals surface area contributed by atoms with Crippen LogP contribution >= 0.6 is 0 Å². The number of carboxylic acid groups (broad SMARTS) is 1. The van der Waals surface area contributed by atoms with Gasteiger partial charge >= 0.3 is 15.0 Å². The van der Waals surface area contributed by atoms with Gasteiger partial charge in [0.1, 0.15) is 11.6 Å². The summed E-state index contributed by atoms with van der Waals surface area (Å²) in [5.74, 6) is -1.24. The van der Waals surface area contributed by atoms with E-state index in [9.17, 15) is 14.0 Å². The SMILES string of the molecule is C=CC(=O)[N-]CCN([CH2-])C[Si](Oc1ccc(C(=O)O)cc1)c1ccc(C)c(F)c1.[CH3-].[Lr]. The third-order valence-corrected chi connectivity index (χ3v) is 6.23. The number of carbonyl (C=O) groups excluding carboxylic acids is 1. The largest absolute Gasteiger partial charge is 0.649 e. The van der Waals surface area contributed by atoms with Crippen LogP contribution in [0.5, 0.6) is 5.75 Å². The Morgan fingerprint density at radius 2 is 1.94 bits per heavy atom. The van der Waals surface area contributed by atoms with Gasteiger partial charge in [-0.1, -0.05) is 18.7 Å². The van der Waals surface area contributed by atoms with Crippen LogP contribution in [0.1, 0.15) is 15.9 Å². The van der Waals surface area contributed by atoms with Crippen LogP contribution < -0.4 is 9.61 Å². The van der Waals surface area contributed by atoms with E-state index in [-0.39, 0.29) is 31.3 Å². The number of nitrogens with zero attached hydrogens (tertiary/aromatic N) is 2. The fourth-order valence-corrected chi connectivity index (χ4v) is 4.31. The fourth-order valence-electron chi connectivity index (χ4n) is 2.40. The van der Waals surface area contributed by atoms with Crippen LogP contribution in [0.25, 0.3) is 5.32 Å². The molecule has 31 heavy (non-hydrogen) atoms. The molecule has 2 rings (SSSR count). The van der Waals surface area contributed by atoms with Gasteiger partial charge in [-0.15, -0.1) is 6.54 Å². The zero-order valence-electron chi connectivity index (χ0n) is 17.4. The number of aryl methyl sites for hydroxylation is 1. The minimum absolute atomic E-state index is 0. The van der Waals surface area contributed by atoms with Crippen LogP contribution in [0.15, 0.2) is 55.1 Å². The summed E-state index contributed by atoms with van der Waals surface area (Å²) in [5.41, 5.74) is 0.689. The molecule has 176 valence electrons. The predicted octanol–water partition coefficient (Wildman–Crippen LogP) is 3.28. The van der Waals surface area contributed by atoms with Gasteiger partial charge < -0.3 is 32.0 Å². The Hall–Kier alpha value is -3.97. The number of hydrogen-bond acceptors (Lipinski definition) is 4. The summed E-state index contributed by atoms with van der Waals surface area (Å²) in [6, 6.07) is 11.0. The Labute approximate surface area is 178 Å². The maximum atomic E-state index is 14.1. The summed E-state index contributed by atoms with van der Waals surface area (Å²) in [4.78, 5) is 23.9. The van der Waals surface area contributed by atoms with E-state index in [1.54, 1.807) is 30.0 Å². The van der Waals surface area contributed by atoms with Crippen LogP contribution in [-0.2, 0) is 4.79 Å². The second kappa shape index (κ2) is 12.6. The van der Waals surface area contributed by atoms with Crippen molar-refractivity contribution in [3.05, 3.63) is 91.9 Å². The molecule has 0 fully saturated rings. The molecule has 0 spiro atoms. The van der Waals surface area contributed by atoms with E-state index in [0.29, 0.717) is 29.2 Å². The predicted molar refractivity (Wildman–Crippen MR) is 117 cm³/mol. The Kier molecular flexibility index (Phi) is 11.0. The first-order valence-electron chi connectivity index (χ1n) is 8.83. The molecule has 0 saturated heterocycles. The van der Waals surface area contributed by atoms with Crippen LogP contribution in [0.3, 0.4) is 0 Å². The normalized spacial score (nSPS) is 10.1. The molecule has 1 N–H and O–H groups in total. The first-order chi connectivity index (χ1) is 13.8. The molecule has 9 heteroatoms. The van der Waals surface area contributed by atoms with Gasteiger partial charge in [-0.3, -0.25) is 7.05 Å². The molecule has 0 unspecified atom stereocenters. The minimum atomic E-state index is -1.77. The van der Waals surface area contributed by atoms with Gasteiger partial charge in [0, 0.05) is 6.17 Å². The number of aromatic carboxylic acids is 1. The van der Waals surface area contributed by atoms with Crippen LogP contribution in [0.4, 0.5) is 4.39 Å². The van der Waals surface area contributed by atoms with Gasteiger partial charge in [-0.05, 0) is 60.6 Å². The number of benzene rings is 2. The monoisotopic (exact) mass is 690 g/mol. The van der Waals surface area contributed by atoms with Crippen molar-refractivity contribution < 1.29 is 23.5 Å². The Balaban J connectivity index is 0.00000450. The van der Waals surface area contributed by atoms with Crippen molar-refractivity contribution in [1.29, 1.82) is 0 Å². The summed E-state index contributed by atoms with van der Waals surface area (Å²) < 4.78 is 20.2. The van der Waals surface area contributed by atoms with E-state index in [4.69, 9.17) is 9.53 Å². The fraction of sp³-hybridized carbons (Fsp3) is 0.182. The maximum absolute atomic E-state index is 14.1. The molecule has 0 bridgehead atoms. The molecule has 0 saturated carbocycles. The average Bonchev–Trinajstić information content (AvgIpc) is 2.69. The Morgan fingerprint density at radius 1 is 1.29 bits per heavy atom. The minimum Gasteiger partial charge on any atom is -0.649 e. The molecular formula is C22H25FLrN2O4Si-3. The summed E-state index contributed by atoms with van der Waals surface area (Å²) in [7, 11) is 2.18. The summed E-state index contributed by atoms with van der Waals surface area (Å²) in [6.45, 7) is 5.73. The van der Waals surface area contributed by atoms with E-state index in [0.717, 1.165) is 6.08 Å². The number of carbonyl (C=O) groups is 2. The zero-order valence-corrected chi connectivity index (χ0v) is 20.5. The van der Waals surface area contributed by atoms with E-state index in [1.165, 1.54) is 18.2 Å². The Morgan fingerprint density at radius 3 is 2.48 bits per heavy atom. The van der Waals surface area contributed by atoms with Crippen molar-refractivity contribution in [1.82, 2.24) is 4.90 Å². The van der Waals surface area contributed by atoms with Crippen molar-refractivity contribution in [3.8, 4) is 5.75 Å². The molecule has 2 aromatic rings. The second-order valence-corrected chi connectivity index (χ2v) is 8.24. The van der Waals surface area contributed by atoms with E-state index < -0.39 is 15.0 Å². The van der Waals surface area contributed by atoms with Gasteiger partial charge in [0.15, 0.2) is 0 Å². The van der Waals surface area contributed by atoms with Crippen molar-refractivity contribution in [2.75, 3.05) is 19.3 Å². The van der Waals surface area contributed by atoms with Crippen LogP contribution in [0, 0.1) is 27.2 Å². The van der Waals surface area contributed by atoms with E-state index >= 15 is 0 Å². The molecule has 0 aliphatic heterocycles. The molecular weight excluding hydrogens is 665 g/mol. The molecule has 2 radical (unpaired) electrons. The zero-order chi connectivity index (χ0) is 21.4. The molecule has 0 aliphatic carbocycles. The molecule has 2 aromatic carbocycles. The summed E-state index contributed by atoms with van der Waals surface area (Å²) in [5, 5.41) is 13.6. The third kappa shape index (κ3) is 8.12. The quantitative estimate of drug-likeness (QED) is 0.236. The third-order valence-electron chi connectivity index (χ3n) is 4.06. The van der Waals surface area contributed by atoms with Gasteiger partial charge in [0.2, 0.25) is 0 Å². The van der Waals surface area contributed by atoms with Crippen molar-refractivity contribution in [3.63, 3.8) is 0 Å². The molecule has 0 heterocycles. The van der Waals surface area contributed by atoms with Crippen molar-refractivity contribution >= 4 is 26.1 Å². The van der Waals surface area contributed by atoms with Crippen molar-refractivity contribution in [2.45, 2.75) is 6.92 Å². The molecule has 0 aliphatic rings. The number of halogens is 1. The number of rotatable bonds is 10. The molecule has 6 nitrogen and oxygen atoms in total. The van der Waals surface area contributed by atoms with Gasteiger partial charge in [0.05, 0.1) is 11.5 Å². The topological polar surface area (TPSA) is 80.9 Å². The summed E-state index contributed by atoms with van der Waals surface area (Å²) >= 11 is 0. The number of amides is 1. The number of hydrogen-bond donors (Lipinski definition) is 1. The standard InChI is InChI=1S/C21H23FN2O4Si.CH3.Lr/c1-4-20(25)23-11-12-24(3)14-29(18-10-5-15(2)19(22)13-18)28-17-8-6-16(7-9-17)21(26)27;;/h4-10,13H,1,3,11-12,14H2,2H3,(H2,23,25,26,27);1H3;/q2*-1;/p-1. The van der Waals surface area contributed by atoms with Gasteiger partial charge in [0.25, 0.3) is 0 Å². The van der Waals surface area contributed by atoms with Gasteiger partial charge in [-0.2, -0.15) is 0 Å². The molecule has 0 atom stereocenters. The van der Waals surface area contributed by atoms with Crippen molar-refractivity contribution in [2.24, 2.45) is 0 Å². The Bertz CT molecular complexity index is 880. The smallest absolute Gasteiger partial charge is 0.335 e. The summed E-state index contributed by atoms with van der Waals surface area (Å²) in [6.07, 6.45) is 1.55. The molecule has 1 amide bonds. The first kappa shape index (κ1) is 27.0. The van der Waals surface area contributed by atoms with Crippen LogP contribution in [0.2, 0.25) is 0 Å². The van der Waals surface area contributed by atoms with E-state index in [1.807, 2.05) is 6.07 Å².